The number of aromatic nitrogens is 2. The standard InChI is InChI=1S/C17H13FN2O3S/c18-11-5-7-12(8-6-11)24-10-9-20-16(21)14-4-2-1-3-13(14)15(19-20)17(22)23/h1-8H,9-10H2,(H,22,23)/p-1. The molecule has 0 amide bonds. The van der Waals surface area contributed by atoms with Crippen LogP contribution in [0.1, 0.15) is 10.5 Å². The second-order valence-corrected chi connectivity index (χ2v) is 6.18. The topological polar surface area (TPSA) is 75.0 Å². The molecule has 0 fully saturated rings. The maximum atomic E-state index is 12.9. The van der Waals surface area contributed by atoms with Crippen molar-refractivity contribution in [1.29, 1.82) is 0 Å². The fraction of sp³-hybridized carbons (Fsp3) is 0.118. The van der Waals surface area contributed by atoms with Gasteiger partial charge in [-0.2, -0.15) is 5.10 Å². The largest absolute Gasteiger partial charge is 0.543 e. The lowest BCUT2D eigenvalue weighted by atomic mass is 10.1. The molecule has 0 radical (unpaired) electrons. The second kappa shape index (κ2) is 6.84. The number of halogens is 1. The highest BCUT2D eigenvalue weighted by molar-refractivity contribution is 7.99. The van der Waals surface area contributed by atoms with E-state index in [0.717, 1.165) is 9.58 Å². The number of rotatable bonds is 5. The minimum Gasteiger partial charge on any atom is -0.543 e. The number of aryl methyl sites for hydroxylation is 1. The Morgan fingerprint density at radius 3 is 2.46 bits per heavy atom. The van der Waals surface area contributed by atoms with Crippen LogP contribution in [0.2, 0.25) is 0 Å². The van der Waals surface area contributed by atoms with Crippen molar-refractivity contribution in [3.63, 3.8) is 0 Å². The van der Waals surface area contributed by atoms with Gasteiger partial charge in [0.2, 0.25) is 0 Å². The average molecular weight is 343 g/mol. The highest BCUT2D eigenvalue weighted by Gasteiger charge is 2.10. The van der Waals surface area contributed by atoms with Gasteiger partial charge in [-0.1, -0.05) is 18.2 Å². The first-order valence-electron chi connectivity index (χ1n) is 7.16. The number of benzene rings is 2. The summed E-state index contributed by atoms with van der Waals surface area (Å²) in [6, 6.07) is 12.4. The smallest absolute Gasteiger partial charge is 0.274 e. The number of hydrogen-bond donors (Lipinski definition) is 0. The number of carbonyl (C=O) groups excluding carboxylic acids is 1. The summed E-state index contributed by atoms with van der Waals surface area (Å²) in [4.78, 5) is 24.5. The van der Waals surface area contributed by atoms with Gasteiger partial charge in [0.15, 0.2) is 0 Å². The van der Waals surface area contributed by atoms with Crippen molar-refractivity contribution in [2.24, 2.45) is 0 Å². The van der Waals surface area contributed by atoms with Crippen molar-refractivity contribution in [3.8, 4) is 0 Å². The Balaban J connectivity index is 1.86. The molecule has 0 spiro atoms. The Bertz CT molecular complexity index is 954. The highest BCUT2D eigenvalue weighted by Crippen LogP contribution is 2.18. The first-order valence-corrected chi connectivity index (χ1v) is 8.14. The van der Waals surface area contributed by atoms with Crippen LogP contribution in [0.15, 0.2) is 58.2 Å². The quantitative estimate of drug-likeness (QED) is 0.659. The lowest BCUT2D eigenvalue weighted by Gasteiger charge is -2.11. The molecule has 2 aromatic carbocycles. The van der Waals surface area contributed by atoms with E-state index in [1.807, 2.05) is 0 Å². The van der Waals surface area contributed by atoms with Gasteiger partial charge in [-0.15, -0.1) is 11.8 Å². The average Bonchev–Trinajstić information content (AvgIpc) is 2.58. The molecule has 0 aliphatic heterocycles. The minimum atomic E-state index is -1.42. The van der Waals surface area contributed by atoms with E-state index in [0.29, 0.717) is 11.1 Å². The van der Waals surface area contributed by atoms with Gasteiger partial charge in [0.05, 0.1) is 17.9 Å². The molecule has 0 bridgehead atoms. The third-order valence-electron chi connectivity index (χ3n) is 3.45. The molecule has 7 heteroatoms. The van der Waals surface area contributed by atoms with E-state index in [1.165, 1.54) is 30.0 Å². The zero-order valence-electron chi connectivity index (χ0n) is 12.4. The molecule has 0 saturated carbocycles. The summed E-state index contributed by atoms with van der Waals surface area (Å²) in [6.07, 6.45) is 0. The van der Waals surface area contributed by atoms with E-state index < -0.39 is 5.97 Å². The Kier molecular flexibility index (Phi) is 4.61. The van der Waals surface area contributed by atoms with Crippen molar-refractivity contribution in [2.45, 2.75) is 11.4 Å². The van der Waals surface area contributed by atoms with Crippen molar-refractivity contribution in [1.82, 2.24) is 9.78 Å². The predicted molar refractivity (Wildman–Crippen MR) is 87.5 cm³/mol. The van der Waals surface area contributed by atoms with Crippen LogP contribution in [0.5, 0.6) is 0 Å². The maximum Gasteiger partial charge on any atom is 0.274 e. The Morgan fingerprint density at radius 2 is 1.79 bits per heavy atom. The molecule has 0 saturated heterocycles. The SMILES string of the molecule is O=C([O-])c1nn(CCSc2ccc(F)cc2)c(=O)c2ccccc12. The van der Waals surface area contributed by atoms with Crippen molar-refractivity contribution < 1.29 is 14.3 Å². The van der Waals surface area contributed by atoms with E-state index in [-0.39, 0.29) is 29.0 Å². The Hall–Kier alpha value is -2.67. The van der Waals surface area contributed by atoms with Gasteiger partial charge in [0.25, 0.3) is 5.56 Å². The van der Waals surface area contributed by atoms with E-state index >= 15 is 0 Å². The predicted octanol–water partition coefficient (Wildman–Crippen LogP) is 1.69. The van der Waals surface area contributed by atoms with Crippen LogP contribution in [0.3, 0.4) is 0 Å². The molecule has 0 aliphatic rings. The van der Waals surface area contributed by atoms with Crippen molar-refractivity contribution >= 4 is 28.5 Å². The third-order valence-corrected chi connectivity index (χ3v) is 4.44. The number of nitrogens with zero attached hydrogens (tertiary/aromatic N) is 2. The van der Waals surface area contributed by atoms with Crippen LogP contribution in [-0.4, -0.2) is 21.5 Å². The summed E-state index contributed by atoms with van der Waals surface area (Å²) in [6.45, 7) is 0.228. The second-order valence-electron chi connectivity index (χ2n) is 5.01. The molecule has 122 valence electrons. The Labute approximate surface area is 140 Å². The van der Waals surface area contributed by atoms with Crippen LogP contribution in [0.4, 0.5) is 4.39 Å². The first-order chi connectivity index (χ1) is 11.6. The summed E-state index contributed by atoms with van der Waals surface area (Å²) in [5, 5.41) is 15.7. The summed E-state index contributed by atoms with van der Waals surface area (Å²) in [5.74, 6) is -1.25. The van der Waals surface area contributed by atoms with Crippen LogP contribution < -0.4 is 10.7 Å². The Morgan fingerprint density at radius 1 is 1.12 bits per heavy atom. The molecule has 0 unspecified atom stereocenters. The molecule has 3 aromatic rings. The lowest BCUT2D eigenvalue weighted by Crippen LogP contribution is -2.31. The van der Waals surface area contributed by atoms with Gasteiger partial charge >= 0.3 is 0 Å². The van der Waals surface area contributed by atoms with Crippen molar-refractivity contribution in [3.05, 3.63) is 70.4 Å². The molecular formula is C17H12FN2O3S-. The van der Waals surface area contributed by atoms with Gasteiger partial charge in [0, 0.05) is 16.0 Å². The molecule has 24 heavy (non-hydrogen) atoms. The number of hydrogen-bond acceptors (Lipinski definition) is 5. The van der Waals surface area contributed by atoms with Crippen LogP contribution in [0, 0.1) is 5.82 Å². The third kappa shape index (κ3) is 3.30. The first kappa shape index (κ1) is 16.2. The van der Waals surface area contributed by atoms with E-state index in [9.17, 15) is 19.1 Å². The lowest BCUT2D eigenvalue weighted by molar-refractivity contribution is -0.255. The number of carboxylic acids is 1. The van der Waals surface area contributed by atoms with Crippen LogP contribution in [-0.2, 0) is 6.54 Å². The van der Waals surface area contributed by atoms with E-state index in [4.69, 9.17) is 0 Å². The molecule has 0 aliphatic carbocycles. The fourth-order valence-electron chi connectivity index (χ4n) is 2.32. The number of carboxylic acid groups (broad SMARTS) is 1. The summed E-state index contributed by atoms with van der Waals surface area (Å²) >= 11 is 1.42. The number of aromatic carboxylic acids is 1. The van der Waals surface area contributed by atoms with Gasteiger partial charge in [-0.25, -0.2) is 9.07 Å². The maximum absolute atomic E-state index is 12.9. The van der Waals surface area contributed by atoms with Gasteiger partial charge < -0.3 is 9.90 Å². The monoisotopic (exact) mass is 343 g/mol. The van der Waals surface area contributed by atoms with Gasteiger partial charge in [-0.05, 0) is 30.3 Å². The molecule has 1 aromatic heterocycles. The molecule has 0 atom stereocenters. The molecule has 5 nitrogen and oxygen atoms in total. The van der Waals surface area contributed by atoms with E-state index in [1.54, 1.807) is 30.3 Å². The normalized spacial score (nSPS) is 10.9. The molecule has 0 N–H and O–H groups in total. The van der Waals surface area contributed by atoms with Crippen LogP contribution in [0.25, 0.3) is 10.8 Å². The van der Waals surface area contributed by atoms with Crippen molar-refractivity contribution in [2.75, 3.05) is 5.75 Å². The van der Waals surface area contributed by atoms with Gasteiger partial charge in [-0.3, -0.25) is 4.79 Å². The van der Waals surface area contributed by atoms with Gasteiger partial charge in [0.1, 0.15) is 11.5 Å². The fourth-order valence-corrected chi connectivity index (χ4v) is 3.15. The number of carbonyl (C=O) groups is 1. The molecule has 3 rings (SSSR count). The zero-order valence-corrected chi connectivity index (χ0v) is 13.3. The highest BCUT2D eigenvalue weighted by atomic mass is 32.2. The summed E-state index contributed by atoms with van der Waals surface area (Å²) < 4.78 is 14.0. The van der Waals surface area contributed by atoms with Crippen LogP contribution >= 0.6 is 11.8 Å². The zero-order chi connectivity index (χ0) is 17.1. The summed E-state index contributed by atoms with van der Waals surface area (Å²) in [5.41, 5.74) is -0.604. The summed E-state index contributed by atoms with van der Waals surface area (Å²) in [7, 11) is 0. The number of fused-ring (bicyclic) bond motifs is 1. The molecule has 1 heterocycles. The minimum absolute atomic E-state index is 0.228. The molecular weight excluding hydrogens is 331 g/mol. The van der Waals surface area contributed by atoms with E-state index in [2.05, 4.69) is 5.10 Å². The number of thioether (sulfide) groups is 1.